The lowest BCUT2D eigenvalue weighted by molar-refractivity contribution is -0.159. The molecule has 2 unspecified atom stereocenters. The van der Waals surface area contributed by atoms with Crippen LogP contribution in [-0.2, 0) is 16.0 Å². The number of aliphatic hydroxyl groups is 1. The summed E-state index contributed by atoms with van der Waals surface area (Å²) in [5.41, 5.74) is -1.86. The summed E-state index contributed by atoms with van der Waals surface area (Å²) in [5, 5.41) is 9.92. The van der Waals surface area contributed by atoms with E-state index in [9.17, 15) is 18.7 Å². The zero-order valence-electron chi connectivity index (χ0n) is 10.3. The van der Waals surface area contributed by atoms with Crippen molar-refractivity contribution >= 4 is 5.97 Å². The Bertz CT molecular complexity index is 418. The molecule has 0 aliphatic rings. The minimum Gasteiger partial charge on any atom is -0.464 e. The molecule has 0 aromatic heterocycles. The van der Waals surface area contributed by atoms with E-state index >= 15 is 0 Å². The maximum absolute atomic E-state index is 13.7. The van der Waals surface area contributed by atoms with Crippen LogP contribution in [0.25, 0.3) is 0 Å². The first-order valence-electron chi connectivity index (χ1n) is 5.65. The van der Waals surface area contributed by atoms with Crippen molar-refractivity contribution < 1.29 is 23.4 Å². The molecule has 1 aromatic carbocycles. The van der Waals surface area contributed by atoms with E-state index in [1.807, 2.05) is 0 Å². The fourth-order valence-corrected chi connectivity index (χ4v) is 1.59. The molecule has 3 nitrogen and oxygen atoms in total. The lowest BCUT2D eigenvalue weighted by Crippen LogP contribution is -2.44. The molecule has 0 amide bonds. The molecule has 0 saturated carbocycles. The second-order valence-electron chi connectivity index (χ2n) is 4.24. The molecule has 100 valence electrons. The van der Waals surface area contributed by atoms with Crippen LogP contribution in [0.5, 0.6) is 0 Å². The Morgan fingerprint density at radius 3 is 2.67 bits per heavy atom. The topological polar surface area (TPSA) is 46.5 Å². The lowest BCUT2D eigenvalue weighted by Gasteiger charge is -2.26. The van der Waals surface area contributed by atoms with Gasteiger partial charge in [0.05, 0.1) is 6.61 Å². The van der Waals surface area contributed by atoms with Crippen molar-refractivity contribution in [2.24, 2.45) is 0 Å². The van der Waals surface area contributed by atoms with Crippen LogP contribution in [0.2, 0.25) is 0 Å². The molecule has 0 bridgehead atoms. The Hall–Kier alpha value is -1.49. The zero-order chi connectivity index (χ0) is 13.8. The maximum Gasteiger partial charge on any atom is 0.343 e. The van der Waals surface area contributed by atoms with Crippen molar-refractivity contribution in [3.63, 3.8) is 0 Å². The van der Waals surface area contributed by atoms with E-state index in [0.29, 0.717) is 0 Å². The quantitative estimate of drug-likeness (QED) is 0.822. The summed E-state index contributed by atoms with van der Waals surface area (Å²) < 4.78 is 31.6. The molecule has 0 saturated heterocycles. The summed E-state index contributed by atoms with van der Waals surface area (Å²) >= 11 is 0. The number of carbonyl (C=O) groups is 1. The van der Waals surface area contributed by atoms with Crippen LogP contribution < -0.4 is 0 Å². The van der Waals surface area contributed by atoms with Gasteiger partial charge in [0.2, 0.25) is 6.17 Å². The zero-order valence-corrected chi connectivity index (χ0v) is 10.3. The Morgan fingerprint density at radius 1 is 1.50 bits per heavy atom. The van der Waals surface area contributed by atoms with Crippen molar-refractivity contribution in [2.75, 3.05) is 6.61 Å². The minimum atomic E-state index is -2.21. The van der Waals surface area contributed by atoms with E-state index in [4.69, 9.17) is 0 Å². The largest absolute Gasteiger partial charge is 0.464 e. The minimum absolute atomic E-state index is 0.0228. The van der Waals surface area contributed by atoms with E-state index in [1.54, 1.807) is 6.07 Å². The van der Waals surface area contributed by atoms with E-state index in [-0.39, 0.29) is 18.6 Å². The number of alkyl halides is 1. The summed E-state index contributed by atoms with van der Waals surface area (Å²) in [6.45, 7) is 2.70. The van der Waals surface area contributed by atoms with E-state index in [2.05, 4.69) is 4.74 Å². The second-order valence-corrected chi connectivity index (χ2v) is 4.24. The lowest BCUT2D eigenvalue weighted by atomic mass is 9.91. The molecule has 1 rings (SSSR count). The van der Waals surface area contributed by atoms with Gasteiger partial charge < -0.3 is 9.84 Å². The number of ether oxygens (including phenoxy) is 1. The molecule has 5 heteroatoms. The third-order valence-electron chi connectivity index (χ3n) is 2.55. The van der Waals surface area contributed by atoms with Gasteiger partial charge in [0, 0.05) is 6.42 Å². The molecule has 0 aliphatic heterocycles. The van der Waals surface area contributed by atoms with Crippen molar-refractivity contribution in [3.05, 3.63) is 35.6 Å². The fraction of sp³-hybridized carbons (Fsp3) is 0.462. The molecule has 1 aromatic rings. The smallest absolute Gasteiger partial charge is 0.343 e. The molecule has 0 radical (unpaired) electrons. The Morgan fingerprint density at radius 2 is 2.11 bits per heavy atom. The van der Waals surface area contributed by atoms with Crippen LogP contribution in [0, 0.1) is 5.82 Å². The number of rotatable bonds is 5. The van der Waals surface area contributed by atoms with E-state index < -0.39 is 23.6 Å². The highest BCUT2D eigenvalue weighted by atomic mass is 19.1. The number of halogens is 2. The van der Waals surface area contributed by atoms with Crippen LogP contribution in [0.4, 0.5) is 8.78 Å². The van der Waals surface area contributed by atoms with Gasteiger partial charge in [0.15, 0.2) is 0 Å². The Balaban J connectivity index is 2.81. The second kappa shape index (κ2) is 5.91. The molecule has 0 fully saturated rings. The standard InChI is InChI=1S/C13H16F2O3/c1-3-18-12(16)11(15)13(2,17)8-9-6-4-5-7-10(9)14/h4-7,11,17H,3,8H2,1-2H3. The molecule has 2 atom stereocenters. The number of esters is 1. The van der Waals surface area contributed by atoms with Crippen LogP contribution in [0.1, 0.15) is 19.4 Å². The van der Waals surface area contributed by atoms with Gasteiger partial charge in [-0.25, -0.2) is 13.6 Å². The van der Waals surface area contributed by atoms with Crippen LogP contribution >= 0.6 is 0 Å². The Kier molecular flexibility index (Phi) is 4.78. The van der Waals surface area contributed by atoms with E-state index in [0.717, 1.165) is 6.92 Å². The molecule has 1 N–H and O–H groups in total. The van der Waals surface area contributed by atoms with Gasteiger partial charge >= 0.3 is 5.97 Å². The average Bonchev–Trinajstić information content (AvgIpc) is 2.31. The SMILES string of the molecule is CCOC(=O)C(F)C(C)(O)Cc1ccccc1F. The van der Waals surface area contributed by atoms with Gasteiger partial charge in [0.1, 0.15) is 11.4 Å². The third-order valence-corrected chi connectivity index (χ3v) is 2.55. The highest BCUT2D eigenvalue weighted by Gasteiger charge is 2.39. The summed E-state index contributed by atoms with van der Waals surface area (Å²) in [6, 6.07) is 5.71. The molecular weight excluding hydrogens is 242 g/mol. The first-order chi connectivity index (χ1) is 8.38. The number of carbonyl (C=O) groups excluding carboxylic acids is 1. The normalized spacial score (nSPS) is 15.8. The maximum atomic E-state index is 13.7. The monoisotopic (exact) mass is 258 g/mol. The van der Waals surface area contributed by atoms with Crippen LogP contribution in [0.3, 0.4) is 0 Å². The highest BCUT2D eigenvalue weighted by Crippen LogP contribution is 2.22. The Labute approximate surface area is 104 Å². The van der Waals surface area contributed by atoms with Crippen molar-refractivity contribution in [1.82, 2.24) is 0 Å². The molecule has 0 spiro atoms. The van der Waals surface area contributed by atoms with Crippen LogP contribution in [-0.4, -0.2) is 29.5 Å². The number of hydrogen-bond acceptors (Lipinski definition) is 3. The molecule has 0 heterocycles. The predicted molar refractivity (Wildman–Crippen MR) is 62.3 cm³/mol. The highest BCUT2D eigenvalue weighted by molar-refractivity contribution is 5.76. The van der Waals surface area contributed by atoms with Gasteiger partial charge in [-0.2, -0.15) is 0 Å². The van der Waals surface area contributed by atoms with E-state index in [1.165, 1.54) is 25.1 Å². The average molecular weight is 258 g/mol. The summed E-state index contributed by atoms with van der Waals surface area (Å²) in [4.78, 5) is 11.2. The first-order valence-corrected chi connectivity index (χ1v) is 5.65. The van der Waals surface area contributed by atoms with Gasteiger partial charge in [-0.1, -0.05) is 18.2 Å². The third kappa shape index (κ3) is 3.50. The van der Waals surface area contributed by atoms with Crippen LogP contribution in [0.15, 0.2) is 24.3 Å². The van der Waals surface area contributed by atoms with Gasteiger partial charge in [-0.15, -0.1) is 0 Å². The summed E-state index contributed by atoms with van der Waals surface area (Å²) in [7, 11) is 0. The molecule has 0 aliphatic carbocycles. The first kappa shape index (κ1) is 14.6. The predicted octanol–water partition coefficient (Wildman–Crippen LogP) is 2.02. The van der Waals surface area contributed by atoms with Gasteiger partial charge in [-0.3, -0.25) is 0 Å². The van der Waals surface area contributed by atoms with Crippen molar-refractivity contribution in [2.45, 2.75) is 32.0 Å². The van der Waals surface area contributed by atoms with Crippen molar-refractivity contribution in [1.29, 1.82) is 0 Å². The van der Waals surface area contributed by atoms with Crippen molar-refractivity contribution in [3.8, 4) is 0 Å². The number of benzene rings is 1. The fourth-order valence-electron chi connectivity index (χ4n) is 1.59. The summed E-state index contributed by atoms with van der Waals surface area (Å²) in [5.74, 6) is -1.69. The molecule has 18 heavy (non-hydrogen) atoms. The van der Waals surface area contributed by atoms with Gasteiger partial charge in [-0.05, 0) is 25.5 Å². The molecular formula is C13H16F2O3. The summed E-state index contributed by atoms with van der Waals surface area (Å²) in [6.07, 6.45) is -2.52. The van der Waals surface area contributed by atoms with Gasteiger partial charge in [0.25, 0.3) is 0 Å². The number of hydrogen-bond donors (Lipinski definition) is 1.